The summed E-state index contributed by atoms with van der Waals surface area (Å²) in [5.74, 6) is -0.182. The van der Waals surface area contributed by atoms with E-state index in [2.05, 4.69) is 4.74 Å². The van der Waals surface area contributed by atoms with Crippen LogP contribution in [0.15, 0.2) is 24.3 Å². The minimum atomic E-state index is -2.98. The highest BCUT2D eigenvalue weighted by molar-refractivity contribution is 5.85. The Balaban J connectivity index is 0.00000225. The van der Waals surface area contributed by atoms with Crippen molar-refractivity contribution in [1.29, 1.82) is 0 Å². The van der Waals surface area contributed by atoms with E-state index in [1.54, 1.807) is 0 Å². The van der Waals surface area contributed by atoms with Gasteiger partial charge in [-0.2, -0.15) is 8.78 Å². The Morgan fingerprint density at radius 3 is 2.25 bits per heavy atom. The van der Waals surface area contributed by atoms with Gasteiger partial charge in [0.25, 0.3) is 6.43 Å². The van der Waals surface area contributed by atoms with Crippen molar-refractivity contribution in [3.05, 3.63) is 29.8 Å². The highest BCUT2D eigenvalue weighted by Crippen LogP contribution is 2.23. The van der Waals surface area contributed by atoms with E-state index in [1.165, 1.54) is 18.2 Å². The van der Waals surface area contributed by atoms with Gasteiger partial charge in [0.2, 0.25) is 0 Å². The quantitative estimate of drug-likeness (QED) is 0.844. The summed E-state index contributed by atoms with van der Waals surface area (Å²) in [5.41, 5.74) is 5.20. The van der Waals surface area contributed by atoms with Gasteiger partial charge in [-0.3, -0.25) is 0 Å². The second-order valence-electron chi connectivity index (χ2n) is 2.81. The van der Waals surface area contributed by atoms with E-state index in [0.717, 1.165) is 6.07 Å². The van der Waals surface area contributed by atoms with Crippen LogP contribution in [-0.2, 0) is 0 Å². The molecule has 0 aromatic heterocycles. The third kappa shape index (κ3) is 4.24. The smallest absolute Gasteiger partial charge is 0.387 e. The molecule has 0 saturated heterocycles. The number of benzene rings is 1. The SMILES string of the molecule is Cl.N[C@@H](c1cccc(OC(F)F)c1)C(F)F. The van der Waals surface area contributed by atoms with Crippen molar-refractivity contribution in [2.45, 2.75) is 19.1 Å². The number of ether oxygens (including phenoxy) is 1. The second kappa shape index (κ2) is 6.55. The topological polar surface area (TPSA) is 35.2 Å². The molecule has 1 aromatic rings. The number of nitrogens with two attached hydrogens (primary N) is 1. The van der Waals surface area contributed by atoms with Crippen LogP contribution in [0.1, 0.15) is 11.6 Å². The zero-order chi connectivity index (χ0) is 11.4. The Hall–Kier alpha value is -1.01. The van der Waals surface area contributed by atoms with E-state index in [0.29, 0.717) is 0 Å². The summed E-state index contributed by atoms with van der Waals surface area (Å²) in [4.78, 5) is 0. The normalized spacial score (nSPS) is 12.4. The largest absolute Gasteiger partial charge is 0.435 e. The van der Waals surface area contributed by atoms with Crippen molar-refractivity contribution in [1.82, 2.24) is 0 Å². The summed E-state index contributed by atoms with van der Waals surface area (Å²) in [6.45, 7) is -2.98. The van der Waals surface area contributed by atoms with E-state index in [9.17, 15) is 17.6 Å². The molecule has 0 fully saturated rings. The first-order valence-electron chi connectivity index (χ1n) is 4.09. The number of hydrogen-bond donors (Lipinski definition) is 1. The molecule has 0 amide bonds. The van der Waals surface area contributed by atoms with Crippen LogP contribution < -0.4 is 10.5 Å². The fourth-order valence-corrected chi connectivity index (χ4v) is 1.04. The molecule has 0 unspecified atom stereocenters. The molecule has 0 spiro atoms. The molecule has 2 nitrogen and oxygen atoms in total. The fourth-order valence-electron chi connectivity index (χ4n) is 1.04. The molecular weight excluding hydrogens is 250 g/mol. The van der Waals surface area contributed by atoms with E-state index in [1.807, 2.05) is 0 Å². The maximum Gasteiger partial charge on any atom is 0.387 e. The lowest BCUT2D eigenvalue weighted by Gasteiger charge is -2.12. The summed E-state index contributed by atoms with van der Waals surface area (Å²) in [7, 11) is 0. The molecule has 0 heterocycles. The van der Waals surface area contributed by atoms with E-state index in [4.69, 9.17) is 5.73 Å². The molecule has 16 heavy (non-hydrogen) atoms. The van der Waals surface area contributed by atoms with Crippen LogP contribution in [0.4, 0.5) is 17.6 Å². The zero-order valence-electron chi connectivity index (χ0n) is 7.95. The first kappa shape index (κ1) is 15.0. The Morgan fingerprint density at radius 1 is 1.12 bits per heavy atom. The first-order valence-corrected chi connectivity index (χ1v) is 4.09. The molecule has 1 atom stereocenters. The van der Waals surface area contributed by atoms with E-state index in [-0.39, 0.29) is 23.7 Å². The van der Waals surface area contributed by atoms with Crippen LogP contribution >= 0.6 is 12.4 Å². The number of hydrogen-bond acceptors (Lipinski definition) is 2. The summed E-state index contributed by atoms with van der Waals surface area (Å²) < 4.78 is 52.1. The monoisotopic (exact) mass is 259 g/mol. The molecule has 0 bridgehead atoms. The van der Waals surface area contributed by atoms with Crippen LogP contribution in [0.5, 0.6) is 5.75 Å². The van der Waals surface area contributed by atoms with Gasteiger partial charge in [-0.05, 0) is 17.7 Å². The maximum absolute atomic E-state index is 12.2. The van der Waals surface area contributed by atoms with Gasteiger partial charge in [0.05, 0.1) is 6.04 Å². The minimum absolute atomic E-state index is 0. The minimum Gasteiger partial charge on any atom is -0.435 e. The summed E-state index contributed by atoms with van der Waals surface area (Å²) in [5, 5.41) is 0. The van der Waals surface area contributed by atoms with Crippen LogP contribution in [0, 0.1) is 0 Å². The van der Waals surface area contributed by atoms with Crippen LogP contribution in [-0.4, -0.2) is 13.0 Å². The molecule has 0 aliphatic rings. The number of rotatable bonds is 4. The molecule has 1 aromatic carbocycles. The Morgan fingerprint density at radius 2 is 1.75 bits per heavy atom. The highest BCUT2D eigenvalue weighted by Gasteiger charge is 2.18. The van der Waals surface area contributed by atoms with Gasteiger partial charge in [0.1, 0.15) is 5.75 Å². The van der Waals surface area contributed by atoms with E-state index >= 15 is 0 Å². The van der Waals surface area contributed by atoms with Gasteiger partial charge in [0, 0.05) is 0 Å². The Kier molecular flexibility index (Phi) is 6.13. The van der Waals surface area contributed by atoms with Crippen molar-refractivity contribution in [3.63, 3.8) is 0 Å². The molecule has 92 valence electrons. The lowest BCUT2D eigenvalue weighted by atomic mass is 10.1. The average Bonchev–Trinajstić information content (AvgIpc) is 2.16. The highest BCUT2D eigenvalue weighted by atomic mass is 35.5. The molecule has 7 heteroatoms. The van der Waals surface area contributed by atoms with Crippen molar-refractivity contribution in [2.75, 3.05) is 0 Å². The molecule has 0 radical (unpaired) electrons. The van der Waals surface area contributed by atoms with Crippen LogP contribution in [0.3, 0.4) is 0 Å². The van der Waals surface area contributed by atoms with Crippen molar-refractivity contribution < 1.29 is 22.3 Å². The maximum atomic E-state index is 12.2. The van der Waals surface area contributed by atoms with Gasteiger partial charge in [-0.25, -0.2) is 8.78 Å². The van der Waals surface area contributed by atoms with Gasteiger partial charge >= 0.3 is 6.61 Å². The zero-order valence-corrected chi connectivity index (χ0v) is 8.76. The number of alkyl halides is 4. The molecule has 1 rings (SSSR count). The molecular formula is C9H10ClF4NO. The average molecular weight is 260 g/mol. The summed E-state index contributed by atoms with van der Waals surface area (Å²) in [6.07, 6.45) is -2.74. The standard InChI is InChI=1S/C9H9F4NO.ClH/c10-8(11)7(14)5-2-1-3-6(4-5)15-9(12)13;/h1-4,7-9H,14H2;1H/t7-;/m0./s1. The number of halogens is 5. The molecule has 2 N–H and O–H groups in total. The van der Waals surface area contributed by atoms with Crippen molar-refractivity contribution >= 4 is 12.4 Å². The predicted octanol–water partition coefficient (Wildman–Crippen LogP) is 2.97. The lowest BCUT2D eigenvalue weighted by molar-refractivity contribution is -0.0499. The van der Waals surface area contributed by atoms with Gasteiger partial charge in [-0.15, -0.1) is 12.4 Å². The predicted molar refractivity (Wildman–Crippen MR) is 53.3 cm³/mol. The van der Waals surface area contributed by atoms with Crippen molar-refractivity contribution in [3.8, 4) is 5.75 Å². The molecule has 0 aliphatic heterocycles. The second-order valence-corrected chi connectivity index (χ2v) is 2.81. The first-order chi connectivity index (χ1) is 7.00. The van der Waals surface area contributed by atoms with Crippen LogP contribution in [0.25, 0.3) is 0 Å². The van der Waals surface area contributed by atoms with E-state index < -0.39 is 19.1 Å². The fraction of sp³-hybridized carbons (Fsp3) is 0.333. The van der Waals surface area contributed by atoms with Gasteiger partial charge in [-0.1, -0.05) is 12.1 Å². The third-order valence-electron chi connectivity index (χ3n) is 1.74. The van der Waals surface area contributed by atoms with Crippen molar-refractivity contribution in [2.24, 2.45) is 5.73 Å². The van der Waals surface area contributed by atoms with Gasteiger partial charge in [0.15, 0.2) is 0 Å². The lowest BCUT2D eigenvalue weighted by Crippen LogP contribution is -2.18. The van der Waals surface area contributed by atoms with Gasteiger partial charge < -0.3 is 10.5 Å². The summed E-state index contributed by atoms with van der Waals surface area (Å²) >= 11 is 0. The molecule has 0 saturated carbocycles. The van der Waals surface area contributed by atoms with Crippen LogP contribution in [0.2, 0.25) is 0 Å². The third-order valence-corrected chi connectivity index (χ3v) is 1.74. The summed E-state index contributed by atoms with van der Waals surface area (Å²) in [6, 6.07) is 3.48. The molecule has 0 aliphatic carbocycles. The Bertz CT molecular complexity index is 324. The Labute approximate surface area is 95.8 Å².